The van der Waals surface area contributed by atoms with Crippen LogP contribution >= 0.6 is 0 Å². The average Bonchev–Trinajstić information content (AvgIpc) is 2.45. The molecule has 1 aromatic carbocycles. The van der Waals surface area contributed by atoms with Crippen LogP contribution in [0, 0.1) is 25.7 Å². The molecule has 0 saturated heterocycles. The molecule has 4 heteroatoms. The van der Waals surface area contributed by atoms with Gasteiger partial charge in [-0.3, -0.25) is 9.59 Å². The Labute approximate surface area is 131 Å². The third-order valence-corrected chi connectivity index (χ3v) is 4.69. The number of carbonyl (C=O) groups excluding carboxylic acids is 1. The van der Waals surface area contributed by atoms with Crippen molar-refractivity contribution in [2.45, 2.75) is 40.5 Å². The highest BCUT2D eigenvalue weighted by molar-refractivity contribution is 5.95. The molecule has 0 saturated carbocycles. The van der Waals surface area contributed by atoms with Crippen LogP contribution in [0.25, 0.3) is 0 Å². The Kier molecular flexibility index (Phi) is 4.69. The van der Waals surface area contributed by atoms with Crippen molar-refractivity contribution in [2.75, 3.05) is 5.32 Å². The molecule has 0 heterocycles. The molecule has 2 N–H and O–H groups in total. The lowest BCUT2D eigenvalue weighted by Gasteiger charge is -2.29. The van der Waals surface area contributed by atoms with E-state index in [0.717, 1.165) is 28.0 Å². The molecular formula is C18H23NO3. The molecule has 0 bridgehead atoms. The van der Waals surface area contributed by atoms with E-state index in [1.807, 2.05) is 45.9 Å². The van der Waals surface area contributed by atoms with Crippen molar-refractivity contribution in [3.63, 3.8) is 0 Å². The van der Waals surface area contributed by atoms with Gasteiger partial charge >= 0.3 is 5.97 Å². The first kappa shape index (κ1) is 16.3. The Hall–Kier alpha value is -2.10. The lowest BCUT2D eigenvalue weighted by atomic mass is 9.76. The normalized spacial score (nSPS) is 21.6. The highest BCUT2D eigenvalue weighted by Crippen LogP contribution is 2.35. The molecule has 1 aliphatic carbocycles. The molecule has 2 unspecified atom stereocenters. The van der Waals surface area contributed by atoms with E-state index in [1.54, 1.807) is 0 Å². The molecule has 0 aromatic heterocycles. The van der Waals surface area contributed by atoms with Gasteiger partial charge in [0.25, 0.3) is 0 Å². The molecule has 1 amide bonds. The van der Waals surface area contributed by atoms with Gasteiger partial charge in [0.05, 0.1) is 11.8 Å². The Morgan fingerprint density at radius 2 is 1.59 bits per heavy atom. The fourth-order valence-corrected chi connectivity index (χ4v) is 2.88. The van der Waals surface area contributed by atoms with Crippen molar-refractivity contribution in [1.82, 2.24) is 0 Å². The van der Waals surface area contributed by atoms with Crippen molar-refractivity contribution < 1.29 is 14.7 Å². The van der Waals surface area contributed by atoms with Crippen molar-refractivity contribution in [2.24, 2.45) is 11.8 Å². The molecule has 0 fully saturated rings. The maximum atomic E-state index is 12.5. The van der Waals surface area contributed by atoms with Gasteiger partial charge in [0.2, 0.25) is 5.91 Å². The number of carboxylic acid groups (broad SMARTS) is 1. The van der Waals surface area contributed by atoms with Crippen LogP contribution in [-0.4, -0.2) is 17.0 Å². The summed E-state index contributed by atoms with van der Waals surface area (Å²) in [4.78, 5) is 24.0. The van der Waals surface area contributed by atoms with Gasteiger partial charge in [-0.2, -0.15) is 0 Å². The van der Waals surface area contributed by atoms with Crippen molar-refractivity contribution in [3.05, 3.63) is 40.5 Å². The zero-order valence-electron chi connectivity index (χ0n) is 13.6. The highest BCUT2D eigenvalue weighted by Gasteiger charge is 2.37. The van der Waals surface area contributed by atoms with E-state index in [1.165, 1.54) is 0 Å². The van der Waals surface area contributed by atoms with Gasteiger partial charge in [-0.1, -0.05) is 17.2 Å². The SMILES string of the molecule is CC1=C(C)CC(C(=O)Nc2ccc(C)c(C)c2)C(C(=O)O)C1. The van der Waals surface area contributed by atoms with Crippen LogP contribution in [0.5, 0.6) is 0 Å². The monoisotopic (exact) mass is 301 g/mol. The van der Waals surface area contributed by atoms with Gasteiger partial charge in [0.15, 0.2) is 0 Å². The fourth-order valence-electron chi connectivity index (χ4n) is 2.88. The van der Waals surface area contributed by atoms with Crippen LogP contribution < -0.4 is 5.32 Å². The van der Waals surface area contributed by atoms with E-state index in [-0.39, 0.29) is 5.91 Å². The summed E-state index contributed by atoms with van der Waals surface area (Å²) < 4.78 is 0. The van der Waals surface area contributed by atoms with Gasteiger partial charge < -0.3 is 10.4 Å². The summed E-state index contributed by atoms with van der Waals surface area (Å²) in [5.41, 5.74) is 5.19. The van der Waals surface area contributed by atoms with Crippen LogP contribution in [0.2, 0.25) is 0 Å². The zero-order chi connectivity index (χ0) is 16.4. The first-order valence-corrected chi connectivity index (χ1v) is 7.55. The fraction of sp³-hybridized carbons (Fsp3) is 0.444. The minimum atomic E-state index is -0.896. The number of anilines is 1. The third-order valence-electron chi connectivity index (χ3n) is 4.69. The molecule has 22 heavy (non-hydrogen) atoms. The number of aliphatic carboxylic acids is 1. The molecule has 0 radical (unpaired) electrons. The molecule has 4 nitrogen and oxygen atoms in total. The number of carbonyl (C=O) groups is 2. The molecule has 2 atom stereocenters. The number of hydrogen-bond acceptors (Lipinski definition) is 2. The third kappa shape index (κ3) is 3.38. The lowest BCUT2D eigenvalue weighted by Crippen LogP contribution is -2.36. The van der Waals surface area contributed by atoms with Gasteiger partial charge in [-0.15, -0.1) is 0 Å². The quantitative estimate of drug-likeness (QED) is 0.837. The minimum Gasteiger partial charge on any atom is -0.481 e. The molecular weight excluding hydrogens is 278 g/mol. The topological polar surface area (TPSA) is 66.4 Å². The number of carboxylic acids is 1. The second-order valence-electron chi connectivity index (χ2n) is 6.31. The summed E-state index contributed by atoms with van der Waals surface area (Å²) in [6, 6.07) is 5.72. The number of aryl methyl sites for hydroxylation is 2. The summed E-state index contributed by atoms with van der Waals surface area (Å²) in [5, 5.41) is 12.3. The van der Waals surface area contributed by atoms with Crippen molar-refractivity contribution in [1.29, 1.82) is 0 Å². The maximum Gasteiger partial charge on any atom is 0.307 e. The standard InChI is InChI=1S/C18H23NO3/c1-10-5-6-14(7-11(10)2)19-17(20)15-8-12(3)13(4)9-16(15)18(21)22/h5-7,15-16H,8-9H2,1-4H3,(H,19,20)(H,21,22). The van der Waals surface area contributed by atoms with E-state index < -0.39 is 17.8 Å². The van der Waals surface area contributed by atoms with Gasteiger partial charge in [0, 0.05) is 5.69 Å². The number of hydrogen-bond donors (Lipinski definition) is 2. The van der Waals surface area contributed by atoms with Gasteiger partial charge in [0.1, 0.15) is 0 Å². The summed E-state index contributed by atoms with van der Waals surface area (Å²) in [7, 11) is 0. The van der Waals surface area contributed by atoms with E-state index in [4.69, 9.17) is 0 Å². The number of amides is 1. The van der Waals surface area contributed by atoms with Crippen LogP contribution in [0.1, 0.15) is 37.8 Å². The zero-order valence-corrected chi connectivity index (χ0v) is 13.6. The smallest absolute Gasteiger partial charge is 0.307 e. The van der Waals surface area contributed by atoms with Crippen LogP contribution in [-0.2, 0) is 9.59 Å². The Morgan fingerprint density at radius 3 is 2.14 bits per heavy atom. The highest BCUT2D eigenvalue weighted by atomic mass is 16.4. The molecule has 1 aromatic rings. The molecule has 0 aliphatic heterocycles. The summed E-state index contributed by atoms with van der Waals surface area (Å²) >= 11 is 0. The minimum absolute atomic E-state index is 0.206. The average molecular weight is 301 g/mol. The largest absolute Gasteiger partial charge is 0.481 e. The Bertz CT molecular complexity index is 646. The van der Waals surface area contributed by atoms with Gasteiger partial charge in [-0.25, -0.2) is 0 Å². The second-order valence-corrected chi connectivity index (χ2v) is 6.31. The summed E-state index contributed by atoms with van der Waals surface area (Å²) in [5.74, 6) is -2.26. The van der Waals surface area contributed by atoms with Crippen molar-refractivity contribution >= 4 is 17.6 Å². The van der Waals surface area contributed by atoms with Crippen LogP contribution in [0.15, 0.2) is 29.3 Å². The van der Waals surface area contributed by atoms with E-state index >= 15 is 0 Å². The molecule has 2 rings (SSSR count). The van der Waals surface area contributed by atoms with Gasteiger partial charge in [-0.05, 0) is 63.8 Å². The van der Waals surface area contributed by atoms with Crippen molar-refractivity contribution in [3.8, 4) is 0 Å². The lowest BCUT2D eigenvalue weighted by molar-refractivity contribution is -0.146. The summed E-state index contributed by atoms with van der Waals surface area (Å²) in [6.45, 7) is 7.92. The van der Waals surface area contributed by atoms with E-state index in [0.29, 0.717) is 12.8 Å². The first-order valence-electron chi connectivity index (χ1n) is 7.55. The first-order chi connectivity index (χ1) is 10.3. The van der Waals surface area contributed by atoms with Crippen LogP contribution in [0.4, 0.5) is 5.69 Å². The second kappa shape index (κ2) is 6.34. The Morgan fingerprint density at radius 1 is 1.00 bits per heavy atom. The predicted molar refractivity (Wildman–Crippen MR) is 86.8 cm³/mol. The number of benzene rings is 1. The molecule has 0 spiro atoms. The number of nitrogens with one attached hydrogen (secondary N) is 1. The van der Waals surface area contributed by atoms with E-state index in [2.05, 4.69) is 5.32 Å². The molecule has 1 aliphatic rings. The molecule has 118 valence electrons. The number of allylic oxidation sites excluding steroid dienone is 2. The summed E-state index contributed by atoms with van der Waals surface area (Å²) in [6.07, 6.45) is 0.964. The maximum absolute atomic E-state index is 12.5. The van der Waals surface area contributed by atoms with Crippen LogP contribution in [0.3, 0.4) is 0 Å². The number of rotatable bonds is 3. The predicted octanol–water partition coefficient (Wildman–Crippen LogP) is 3.69. The van der Waals surface area contributed by atoms with E-state index in [9.17, 15) is 14.7 Å². The Balaban J connectivity index is 2.19.